The SMILES string of the molecule is FC(F)(F)C(OP12(OCCCO1)Oc1c(Cl)c(Cl)c(Cl)c(Cl)c1O2)C(F)(F)F. The molecule has 28 heavy (non-hydrogen) atoms. The predicted octanol–water partition coefficient (Wildman–Crippen LogP) is 7.15. The van der Waals surface area contributed by atoms with Crippen LogP contribution >= 0.6 is 54.1 Å². The molecule has 0 aliphatic carbocycles. The molecule has 0 aromatic heterocycles. The Labute approximate surface area is 172 Å². The van der Waals surface area contributed by atoms with Crippen molar-refractivity contribution in [3.63, 3.8) is 0 Å². The van der Waals surface area contributed by atoms with Crippen LogP contribution in [-0.4, -0.2) is 31.7 Å². The fourth-order valence-electron chi connectivity index (χ4n) is 2.28. The van der Waals surface area contributed by atoms with E-state index in [-0.39, 0.29) is 16.5 Å². The van der Waals surface area contributed by atoms with Crippen molar-refractivity contribution in [1.29, 1.82) is 0 Å². The second-order valence-corrected chi connectivity index (χ2v) is 9.53. The average molecular weight is 518 g/mol. The normalized spacial score (nSPS) is 22.3. The van der Waals surface area contributed by atoms with E-state index in [9.17, 15) is 26.3 Å². The third-order valence-corrected chi connectivity index (χ3v) is 7.92. The van der Waals surface area contributed by atoms with Crippen LogP contribution < -0.4 is 9.05 Å². The molecule has 3 rings (SSSR count). The van der Waals surface area contributed by atoms with Crippen molar-refractivity contribution in [3.05, 3.63) is 20.1 Å². The number of alkyl halides is 6. The van der Waals surface area contributed by atoms with E-state index in [1.54, 1.807) is 0 Å². The van der Waals surface area contributed by atoms with Gasteiger partial charge in [0, 0.05) is 0 Å². The van der Waals surface area contributed by atoms with Gasteiger partial charge in [-0.25, -0.2) is 0 Å². The van der Waals surface area contributed by atoms with Crippen LogP contribution in [0.2, 0.25) is 20.1 Å². The summed E-state index contributed by atoms with van der Waals surface area (Å²) >= 11 is 23.5. The van der Waals surface area contributed by atoms with E-state index in [2.05, 4.69) is 4.52 Å². The number of benzene rings is 1. The Morgan fingerprint density at radius 2 is 1.14 bits per heavy atom. The monoisotopic (exact) mass is 516 g/mol. The van der Waals surface area contributed by atoms with Gasteiger partial charge in [0.25, 0.3) is 0 Å². The molecule has 2 aliphatic heterocycles. The van der Waals surface area contributed by atoms with Gasteiger partial charge in [-0.3, -0.25) is 0 Å². The Morgan fingerprint density at radius 1 is 0.750 bits per heavy atom. The minimum atomic E-state index is -5.99. The van der Waals surface area contributed by atoms with Crippen molar-refractivity contribution in [2.24, 2.45) is 0 Å². The van der Waals surface area contributed by atoms with E-state index < -0.39 is 61.0 Å². The molecule has 2 aliphatic rings. The maximum absolute atomic E-state index is 13.1. The first kappa shape index (κ1) is 22.6. The van der Waals surface area contributed by atoms with Crippen molar-refractivity contribution in [2.45, 2.75) is 24.9 Å². The zero-order chi connectivity index (χ0) is 21.1. The molecule has 0 radical (unpaired) electrons. The summed E-state index contributed by atoms with van der Waals surface area (Å²) in [5, 5.41) is -1.75. The maximum atomic E-state index is 13.1. The molecule has 1 fully saturated rings. The third-order valence-electron chi connectivity index (χ3n) is 3.43. The first-order valence-corrected chi connectivity index (χ1v) is 10.4. The van der Waals surface area contributed by atoms with Crippen LogP contribution in [0.15, 0.2) is 0 Å². The number of rotatable bonds is 2. The Hall–Kier alpha value is -0.130. The van der Waals surface area contributed by atoms with Gasteiger partial charge in [-0.15, -0.1) is 0 Å². The molecule has 5 nitrogen and oxygen atoms in total. The molecule has 0 bridgehead atoms. The fraction of sp³-hybridized carbons (Fsp3) is 0.500. The van der Waals surface area contributed by atoms with Gasteiger partial charge in [0.15, 0.2) is 0 Å². The van der Waals surface area contributed by atoms with E-state index in [0.29, 0.717) is 0 Å². The molecular weight excluding hydrogens is 511 g/mol. The van der Waals surface area contributed by atoms with E-state index >= 15 is 0 Å². The molecule has 0 unspecified atom stereocenters. The predicted molar refractivity (Wildman–Crippen MR) is 88.2 cm³/mol. The van der Waals surface area contributed by atoms with E-state index in [4.69, 9.17) is 64.5 Å². The molecule has 0 atom stereocenters. The Kier molecular flexibility index (Phi) is 5.60. The number of hydrogen-bond acceptors (Lipinski definition) is 5. The van der Waals surface area contributed by atoms with Crippen molar-refractivity contribution in [3.8, 4) is 11.5 Å². The van der Waals surface area contributed by atoms with Crippen molar-refractivity contribution < 1.29 is 49.0 Å². The molecule has 1 aromatic carbocycles. The summed E-state index contributed by atoms with van der Waals surface area (Å²) in [5.74, 6) is -1.24. The van der Waals surface area contributed by atoms with Crippen molar-refractivity contribution in [1.82, 2.24) is 0 Å². The van der Waals surface area contributed by atoms with Crippen molar-refractivity contribution >= 4 is 54.1 Å². The molecule has 1 saturated heterocycles. The molecule has 160 valence electrons. The molecule has 2 heterocycles. The first-order chi connectivity index (χ1) is 12.7. The summed E-state index contributed by atoms with van der Waals surface area (Å²) in [5.41, 5.74) is 0. The van der Waals surface area contributed by atoms with Crippen LogP contribution in [0.1, 0.15) is 6.42 Å². The van der Waals surface area contributed by atoms with Crippen LogP contribution in [-0.2, 0) is 13.6 Å². The van der Waals surface area contributed by atoms with Gasteiger partial charge < -0.3 is 0 Å². The van der Waals surface area contributed by atoms with Gasteiger partial charge in [0.05, 0.1) is 0 Å². The van der Waals surface area contributed by atoms with Gasteiger partial charge in [-0.1, -0.05) is 0 Å². The molecule has 1 spiro atoms. The summed E-state index contributed by atoms with van der Waals surface area (Å²) < 4.78 is 103. The van der Waals surface area contributed by atoms with Gasteiger partial charge in [-0.05, 0) is 0 Å². The van der Waals surface area contributed by atoms with Gasteiger partial charge in [-0.2, -0.15) is 0 Å². The van der Waals surface area contributed by atoms with Crippen LogP contribution in [0, 0.1) is 0 Å². The van der Waals surface area contributed by atoms with Crippen LogP contribution in [0.3, 0.4) is 0 Å². The minimum absolute atomic E-state index is 0.107. The second kappa shape index (κ2) is 6.95. The summed E-state index contributed by atoms with van der Waals surface area (Å²) in [6.45, 7) is -0.796. The topological polar surface area (TPSA) is 46.2 Å². The summed E-state index contributed by atoms with van der Waals surface area (Å²) in [4.78, 5) is 0. The Morgan fingerprint density at radius 3 is 1.50 bits per heavy atom. The number of halogens is 10. The van der Waals surface area contributed by atoms with E-state index in [1.165, 1.54) is 0 Å². The number of hydrogen-bond donors (Lipinski definition) is 0. The Balaban J connectivity index is 2.15. The summed E-state index contributed by atoms with van der Waals surface area (Å²) in [6.07, 6.45) is -16.1. The zero-order valence-electron chi connectivity index (χ0n) is 13.0. The third kappa shape index (κ3) is 3.69. The molecule has 0 N–H and O–H groups in total. The number of fused-ring (bicyclic) bond motifs is 1. The van der Waals surface area contributed by atoms with Crippen LogP contribution in [0.25, 0.3) is 0 Å². The first-order valence-electron chi connectivity index (χ1n) is 7.10. The summed E-state index contributed by atoms with van der Waals surface area (Å²) in [6, 6.07) is 0. The van der Waals surface area contributed by atoms with Crippen LogP contribution in [0.4, 0.5) is 26.3 Å². The Bertz CT molecular complexity index is 758. The van der Waals surface area contributed by atoms with Gasteiger partial charge in [0.2, 0.25) is 0 Å². The quantitative estimate of drug-likeness (QED) is 0.180. The molecule has 16 heteroatoms. The van der Waals surface area contributed by atoms with Gasteiger partial charge in [0.1, 0.15) is 0 Å². The molecule has 0 saturated carbocycles. The standard InChI is InChI=1S/C12H7Cl4F6O5P/c13-4-5(14)7(16)9-8(6(4)15)25-28(26-9,23-2-1-3-24-28)27-10(11(17,18)19)12(20,21)22/h10H,1-3H2. The zero-order valence-corrected chi connectivity index (χ0v) is 16.9. The fourth-order valence-corrected chi connectivity index (χ4v) is 6.20. The average Bonchev–Trinajstić information content (AvgIpc) is 2.91. The summed E-state index contributed by atoms with van der Waals surface area (Å²) in [7, 11) is -5.99. The van der Waals surface area contributed by atoms with Crippen molar-refractivity contribution in [2.75, 3.05) is 13.2 Å². The second-order valence-electron chi connectivity index (χ2n) is 5.43. The molecular formula is C12H7Cl4F6O5P. The van der Waals surface area contributed by atoms with E-state index in [1.807, 2.05) is 0 Å². The molecule has 0 amide bonds. The molecule has 1 aromatic rings. The van der Waals surface area contributed by atoms with Crippen LogP contribution in [0.5, 0.6) is 11.5 Å². The van der Waals surface area contributed by atoms with E-state index in [0.717, 1.165) is 0 Å². The van der Waals surface area contributed by atoms with Gasteiger partial charge >= 0.3 is 173 Å².